The van der Waals surface area contributed by atoms with Crippen LogP contribution in [0.4, 0.5) is 0 Å². The number of esters is 1. The van der Waals surface area contributed by atoms with Crippen molar-refractivity contribution in [1.82, 2.24) is 0 Å². The fourth-order valence-corrected chi connectivity index (χ4v) is 1.73. The molecule has 0 unspecified atom stereocenters. The average molecular weight is 197 g/mol. The largest absolute Gasteiger partial charge is 0.466 e. The number of carbonyl (C=O) groups is 2. The van der Waals surface area contributed by atoms with Crippen molar-refractivity contribution in [3.05, 3.63) is 5.92 Å². The van der Waals surface area contributed by atoms with Gasteiger partial charge in [0.2, 0.25) is 0 Å². The van der Waals surface area contributed by atoms with E-state index in [1.807, 2.05) is 0 Å². The van der Waals surface area contributed by atoms with E-state index in [9.17, 15) is 9.59 Å². The molecule has 1 fully saturated rings. The highest BCUT2D eigenvalue weighted by atomic mass is 16.5. The van der Waals surface area contributed by atoms with Crippen molar-refractivity contribution >= 4 is 11.8 Å². The van der Waals surface area contributed by atoms with Crippen LogP contribution in [0.2, 0.25) is 0 Å². The van der Waals surface area contributed by atoms with Crippen LogP contribution >= 0.6 is 0 Å². The molecule has 0 bridgehead atoms. The molecule has 14 heavy (non-hydrogen) atoms. The highest BCUT2D eigenvalue weighted by Gasteiger charge is 2.23. The summed E-state index contributed by atoms with van der Waals surface area (Å²) in [6.45, 7) is 2.09. The molecule has 79 valence electrons. The molecule has 3 nitrogen and oxygen atoms in total. The Morgan fingerprint density at radius 2 is 1.86 bits per heavy atom. The van der Waals surface area contributed by atoms with Crippen molar-refractivity contribution in [3.8, 4) is 0 Å². The Balaban J connectivity index is 2.29. The van der Waals surface area contributed by atoms with Gasteiger partial charge in [0.05, 0.1) is 6.61 Å². The summed E-state index contributed by atoms with van der Waals surface area (Å²) in [5.74, 6) is 0.531. The first-order valence-corrected chi connectivity index (χ1v) is 5.27. The lowest BCUT2D eigenvalue weighted by Gasteiger charge is -2.18. The first-order chi connectivity index (χ1) is 6.74. The maximum atomic E-state index is 11.5. The quantitative estimate of drug-likeness (QED) is 0.511. The summed E-state index contributed by atoms with van der Waals surface area (Å²) in [5.41, 5.74) is 0. The molecule has 0 amide bonds. The van der Waals surface area contributed by atoms with Crippen LogP contribution in [0.25, 0.3) is 0 Å². The van der Waals surface area contributed by atoms with Gasteiger partial charge in [-0.05, 0) is 19.8 Å². The van der Waals surface area contributed by atoms with Crippen LogP contribution in [-0.4, -0.2) is 18.4 Å². The number of Topliss-reactive ketones (excluding diaryl/α,β-unsaturated/α-hetero) is 1. The van der Waals surface area contributed by atoms with Crippen molar-refractivity contribution in [3.63, 3.8) is 0 Å². The number of ketones is 1. The molecule has 1 radical (unpaired) electrons. The van der Waals surface area contributed by atoms with E-state index in [1.54, 1.807) is 6.92 Å². The second kappa shape index (κ2) is 5.78. The van der Waals surface area contributed by atoms with Gasteiger partial charge in [-0.25, -0.2) is 0 Å². The molecule has 1 rings (SSSR count). The Kier molecular flexibility index (Phi) is 4.63. The highest BCUT2D eigenvalue weighted by molar-refractivity contribution is 6.03. The van der Waals surface area contributed by atoms with Crippen LogP contribution in [0.5, 0.6) is 0 Å². The normalized spacial score (nSPS) is 17.8. The molecule has 0 N–H and O–H groups in total. The van der Waals surface area contributed by atoms with E-state index in [-0.39, 0.29) is 12.2 Å². The number of hydrogen-bond donors (Lipinski definition) is 0. The number of hydrogen-bond acceptors (Lipinski definition) is 3. The van der Waals surface area contributed by atoms with E-state index in [1.165, 1.54) is 6.42 Å². The molecule has 0 heterocycles. The lowest BCUT2D eigenvalue weighted by molar-refractivity contribution is -0.145. The van der Waals surface area contributed by atoms with Crippen LogP contribution in [0.15, 0.2) is 0 Å². The van der Waals surface area contributed by atoms with Crippen molar-refractivity contribution in [2.24, 2.45) is 0 Å². The smallest absolute Gasteiger partial charge is 0.313 e. The van der Waals surface area contributed by atoms with Crippen molar-refractivity contribution < 1.29 is 14.3 Å². The zero-order valence-corrected chi connectivity index (χ0v) is 8.67. The average Bonchev–Trinajstić information content (AvgIpc) is 2.19. The predicted octanol–water partition coefficient (Wildman–Crippen LogP) is 2.05. The van der Waals surface area contributed by atoms with Crippen molar-refractivity contribution in [1.29, 1.82) is 0 Å². The van der Waals surface area contributed by atoms with Gasteiger partial charge < -0.3 is 4.74 Å². The Bertz CT molecular complexity index is 205. The van der Waals surface area contributed by atoms with Crippen LogP contribution in [0.1, 0.15) is 45.4 Å². The molecular formula is C11H17O3. The fraction of sp³-hybridized carbons (Fsp3) is 0.727. The molecular weight excluding hydrogens is 180 g/mol. The Morgan fingerprint density at radius 1 is 1.21 bits per heavy atom. The molecule has 1 aliphatic rings. The molecule has 0 aromatic carbocycles. The Morgan fingerprint density at radius 3 is 2.43 bits per heavy atom. The van der Waals surface area contributed by atoms with Gasteiger partial charge in [-0.3, -0.25) is 9.59 Å². The molecule has 0 atom stereocenters. The van der Waals surface area contributed by atoms with E-state index in [2.05, 4.69) is 0 Å². The predicted molar refractivity (Wildman–Crippen MR) is 52.6 cm³/mol. The van der Waals surface area contributed by atoms with Gasteiger partial charge in [0, 0.05) is 5.92 Å². The Hall–Kier alpha value is -0.860. The van der Waals surface area contributed by atoms with Gasteiger partial charge in [-0.1, -0.05) is 19.3 Å². The first kappa shape index (κ1) is 11.2. The minimum absolute atomic E-state index is 0.0110. The molecule has 0 aliphatic heterocycles. The summed E-state index contributed by atoms with van der Waals surface area (Å²) in [7, 11) is 0. The second-order valence-electron chi connectivity index (χ2n) is 3.57. The first-order valence-electron chi connectivity index (χ1n) is 5.27. The van der Waals surface area contributed by atoms with Crippen molar-refractivity contribution in [2.75, 3.05) is 6.61 Å². The molecule has 1 saturated carbocycles. The summed E-state index contributed by atoms with van der Waals surface area (Å²) in [5, 5.41) is 0. The van der Waals surface area contributed by atoms with E-state index in [4.69, 9.17) is 4.74 Å². The highest BCUT2D eigenvalue weighted by Crippen LogP contribution is 2.27. The summed E-state index contributed by atoms with van der Waals surface area (Å²) >= 11 is 0. The summed E-state index contributed by atoms with van der Waals surface area (Å²) in [6.07, 6.45) is 5.06. The topological polar surface area (TPSA) is 43.4 Å². The molecule has 0 aromatic heterocycles. The summed E-state index contributed by atoms with van der Waals surface area (Å²) in [6, 6.07) is 0. The van der Waals surface area contributed by atoms with Crippen LogP contribution < -0.4 is 0 Å². The zero-order chi connectivity index (χ0) is 10.4. The minimum atomic E-state index is -0.393. The summed E-state index contributed by atoms with van der Waals surface area (Å²) in [4.78, 5) is 22.6. The maximum Gasteiger partial charge on any atom is 0.313 e. The van der Waals surface area contributed by atoms with Crippen LogP contribution in [0, 0.1) is 5.92 Å². The van der Waals surface area contributed by atoms with Crippen molar-refractivity contribution in [2.45, 2.75) is 45.4 Å². The van der Waals surface area contributed by atoms with E-state index >= 15 is 0 Å². The SMILES string of the molecule is CCOC(=O)CC(=O)[C]1CCCCC1. The van der Waals surface area contributed by atoms with E-state index < -0.39 is 5.97 Å². The van der Waals surface area contributed by atoms with Gasteiger partial charge in [-0.2, -0.15) is 0 Å². The van der Waals surface area contributed by atoms with Gasteiger partial charge in [-0.15, -0.1) is 0 Å². The van der Waals surface area contributed by atoms with Gasteiger partial charge in [0.1, 0.15) is 6.42 Å². The Labute approximate surface area is 84.8 Å². The molecule has 0 spiro atoms. The summed E-state index contributed by atoms with van der Waals surface area (Å²) < 4.78 is 4.73. The molecule has 1 aliphatic carbocycles. The minimum Gasteiger partial charge on any atom is -0.466 e. The second-order valence-corrected chi connectivity index (χ2v) is 3.57. The lowest BCUT2D eigenvalue weighted by Crippen LogP contribution is -2.19. The third kappa shape index (κ3) is 3.48. The standard InChI is InChI=1S/C11H17O3/c1-2-14-11(13)8-10(12)9-6-4-3-5-7-9/h2-8H2,1H3. The van der Waals surface area contributed by atoms with E-state index in [0.29, 0.717) is 6.61 Å². The number of rotatable bonds is 4. The van der Waals surface area contributed by atoms with Gasteiger partial charge in [0.25, 0.3) is 0 Å². The molecule has 0 aromatic rings. The molecule has 0 saturated heterocycles. The number of ether oxygens (including phenoxy) is 1. The maximum absolute atomic E-state index is 11.5. The van der Waals surface area contributed by atoms with E-state index in [0.717, 1.165) is 31.6 Å². The number of carbonyl (C=O) groups excluding carboxylic acids is 2. The lowest BCUT2D eigenvalue weighted by atomic mass is 9.85. The third-order valence-corrected chi connectivity index (χ3v) is 2.46. The van der Waals surface area contributed by atoms with Crippen LogP contribution in [0.3, 0.4) is 0 Å². The third-order valence-electron chi connectivity index (χ3n) is 2.46. The van der Waals surface area contributed by atoms with Gasteiger partial charge in [0.15, 0.2) is 5.78 Å². The fourth-order valence-electron chi connectivity index (χ4n) is 1.73. The van der Waals surface area contributed by atoms with Crippen LogP contribution in [-0.2, 0) is 14.3 Å². The monoisotopic (exact) mass is 197 g/mol. The molecule has 3 heteroatoms. The van der Waals surface area contributed by atoms with Gasteiger partial charge >= 0.3 is 5.97 Å². The zero-order valence-electron chi connectivity index (χ0n) is 8.67.